The fourth-order valence-corrected chi connectivity index (χ4v) is 2.61. The second-order valence-corrected chi connectivity index (χ2v) is 5.35. The van der Waals surface area contributed by atoms with Gasteiger partial charge < -0.3 is 16.0 Å². The highest BCUT2D eigenvalue weighted by molar-refractivity contribution is 6.18. The van der Waals surface area contributed by atoms with Crippen molar-refractivity contribution < 1.29 is 4.79 Å². The lowest BCUT2D eigenvalue weighted by atomic mass is 10.0. The summed E-state index contributed by atoms with van der Waals surface area (Å²) < 4.78 is 1.96. The summed E-state index contributed by atoms with van der Waals surface area (Å²) in [6.45, 7) is 2.03. The molecule has 2 aromatic carbocycles. The van der Waals surface area contributed by atoms with Crippen molar-refractivity contribution >= 4 is 28.1 Å². The van der Waals surface area contributed by atoms with Gasteiger partial charge in [-0.3, -0.25) is 4.79 Å². The van der Waals surface area contributed by atoms with Crippen LogP contribution >= 0.6 is 0 Å². The molecule has 0 amide bonds. The lowest BCUT2D eigenvalue weighted by Gasteiger charge is -2.05. The Morgan fingerprint density at radius 1 is 1.05 bits per heavy atom. The molecule has 0 bridgehead atoms. The summed E-state index contributed by atoms with van der Waals surface area (Å²) in [5.41, 5.74) is 15.9. The summed E-state index contributed by atoms with van der Waals surface area (Å²) in [5.74, 6) is -0.0815. The van der Waals surface area contributed by atoms with Crippen LogP contribution in [-0.4, -0.2) is 10.4 Å². The number of hydrogen-bond acceptors (Lipinski definition) is 3. The molecule has 0 saturated heterocycles. The Bertz CT molecular complexity index is 862. The summed E-state index contributed by atoms with van der Waals surface area (Å²) >= 11 is 0. The number of nitrogens with zero attached hydrogens (tertiary/aromatic N) is 1. The molecule has 0 aliphatic carbocycles. The van der Waals surface area contributed by atoms with Crippen molar-refractivity contribution in [2.75, 3.05) is 11.5 Å². The van der Waals surface area contributed by atoms with Crippen LogP contribution in [-0.2, 0) is 7.05 Å². The van der Waals surface area contributed by atoms with E-state index in [2.05, 4.69) is 6.07 Å². The predicted molar refractivity (Wildman–Crippen MR) is 86.4 cm³/mol. The van der Waals surface area contributed by atoms with Gasteiger partial charge in [-0.25, -0.2) is 0 Å². The highest BCUT2D eigenvalue weighted by Crippen LogP contribution is 2.26. The topological polar surface area (TPSA) is 74.0 Å². The number of fused-ring (bicyclic) bond motifs is 1. The zero-order valence-electron chi connectivity index (χ0n) is 12.1. The van der Waals surface area contributed by atoms with Gasteiger partial charge in [-0.1, -0.05) is 12.1 Å². The molecular formula is C17H17N3O. The number of hydrogen-bond donors (Lipinski definition) is 2. The first kappa shape index (κ1) is 13.2. The number of carbonyl (C=O) groups is 1. The zero-order valence-corrected chi connectivity index (χ0v) is 12.1. The smallest absolute Gasteiger partial charge is 0.197 e. The number of ketones is 1. The second-order valence-electron chi connectivity index (χ2n) is 5.35. The Hall–Kier alpha value is -2.75. The molecule has 0 fully saturated rings. The fraction of sp³-hybridized carbons (Fsp3) is 0.118. The van der Waals surface area contributed by atoms with Crippen molar-refractivity contribution in [2.24, 2.45) is 7.05 Å². The van der Waals surface area contributed by atoms with E-state index in [9.17, 15) is 4.79 Å². The first-order valence-electron chi connectivity index (χ1n) is 6.73. The SMILES string of the molecule is Cc1ccc2c(C(=O)c3ccc(N)cc3N)cn(C)c2c1. The average Bonchev–Trinajstić information content (AvgIpc) is 2.75. The van der Waals surface area contributed by atoms with E-state index < -0.39 is 0 Å². The summed E-state index contributed by atoms with van der Waals surface area (Å²) in [6.07, 6.45) is 1.85. The number of rotatable bonds is 2. The van der Waals surface area contributed by atoms with Crippen molar-refractivity contribution in [2.45, 2.75) is 6.92 Å². The third kappa shape index (κ3) is 2.14. The van der Waals surface area contributed by atoms with Gasteiger partial charge in [0.15, 0.2) is 5.78 Å². The molecule has 1 heterocycles. The molecule has 21 heavy (non-hydrogen) atoms. The van der Waals surface area contributed by atoms with Gasteiger partial charge in [-0.05, 0) is 36.8 Å². The molecular weight excluding hydrogens is 262 g/mol. The van der Waals surface area contributed by atoms with Gasteiger partial charge in [-0.15, -0.1) is 0 Å². The summed E-state index contributed by atoms with van der Waals surface area (Å²) in [5, 5.41) is 0.935. The highest BCUT2D eigenvalue weighted by Gasteiger charge is 2.17. The molecule has 0 radical (unpaired) electrons. The van der Waals surface area contributed by atoms with Crippen LogP contribution in [0.3, 0.4) is 0 Å². The van der Waals surface area contributed by atoms with Crippen LogP contribution in [0.5, 0.6) is 0 Å². The van der Waals surface area contributed by atoms with Crippen LogP contribution in [0.25, 0.3) is 10.9 Å². The molecule has 4 nitrogen and oxygen atoms in total. The Labute approximate surface area is 123 Å². The van der Waals surface area contributed by atoms with E-state index in [4.69, 9.17) is 11.5 Å². The van der Waals surface area contributed by atoms with E-state index >= 15 is 0 Å². The molecule has 106 valence electrons. The fourth-order valence-electron chi connectivity index (χ4n) is 2.61. The molecule has 4 N–H and O–H groups in total. The van der Waals surface area contributed by atoms with E-state index in [1.54, 1.807) is 18.2 Å². The Kier molecular flexibility index (Phi) is 2.94. The van der Waals surface area contributed by atoms with E-state index in [1.807, 2.05) is 36.9 Å². The molecule has 0 spiro atoms. The average molecular weight is 279 g/mol. The summed E-state index contributed by atoms with van der Waals surface area (Å²) in [6, 6.07) is 11.0. The molecule has 0 aliphatic heterocycles. The van der Waals surface area contributed by atoms with Gasteiger partial charge in [0, 0.05) is 46.6 Å². The maximum absolute atomic E-state index is 12.8. The van der Waals surface area contributed by atoms with Gasteiger partial charge in [0.1, 0.15) is 0 Å². The van der Waals surface area contributed by atoms with Crippen molar-refractivity contribution in [3.05, 3.63) is 59.3 Å². The van der Waals surface area contributed by atoms with E-state index in [1.165, 1.54) is 0 Å². The minimum Gasteiger partial charge on any atom is -0.399 e. The van der Waals surface area contributed by atoms with Gasteiger partial charge in [0.05, 0.1) is 0 Å². The number of aromatic nitrogens is 1. The standard InChI is InChI=1S/C17H17N3O/c1-10-3-5-12-14(9-20(2)16(12)7-10)17(21)13-6-4-11(18)8-15(13)19/h3-9H,18-19H2,1-2H3. The summed E-state index contributed by atoms with van der Waals surface area (Å²) in [4.78, 5) is 12.8. The third-order valence-corrected chi connectivity index (χ3v) is 3.71. The highest BCUT2D eigenvalue weighted by atomic mass is 16.1. The minimum absolute atomic E-state index is 0.0815. The Balaban J connectivity index is 2.18. The molecule has 1 aromatic heterocycles. The summed E-state index contributed by atoms with van der Waals surface area (Å²) in [7, 11) is 1.94. The lowest BCUT2D eigenvalue weighted by Crippen LogP contribution is -2.05. The first-order valence-corrected chi connectivity index (χ1v) is 6.73. The van der Waals surface area contributed by atoms with Crippen molar-refractivity contribution in [1.29, 1.82) is 0 Å². The monoisotopic (exact) mass is 279 g/mol. The quantitative estimate of drug-likeness (QED) is 0.559. The number of benzene rings is 2. The molecule has 0 saturated carbocycles. The zero-order chi connectivity index (χ0) is 15.1. The number of aryl methyl sites for hydroxylation is 2. The first-order chi connectivity index (χ1) is 9.97. The molecule has 3 aromatic rings. The number of carbonyl (C=O) groups excluding carboxylic acids is 1. The molecule has 0 aliphatic rings. The molecule has 3 rings (SSSR count). The van der Waals surface area contributed by atoms with Gasteiger partial charge >= 0.3 is 0 Å². The van der Waals surface area contributed by atoms with Crippen LogP contribution < -0.4 is 11.5 Å². The van der Waals surface area contributed by atoms with E-state index in [-0.39, 0.29) is 5.78 Å². The Morgan fingerprint density at radius 3 is 2.52 bits per heavy atom. The van der Waals surface area contributed by atoms with Crippen LogP contribution in [0, 0.1) is 6.92 Å². The molecule has 0 atom stereocenters. The van der Waals surface area contributed by atoms with E-state index in [0.717, 1.165) is 16.5 Å². The second kappa shape index (κ2) is 4.66. The molecule has 4 heteroatoms. The van der Waals surface area contributed by atoms with Gasteiger partial charge in [0.2, 0.25) is 0 Å². The molecule has 0 unspecified atom stereocenters. The van der Waals surface area contributed by atoms with Crippen LogP contribution in [0.2, 0.25) is 0 Å². The maximum atomic E-state index is 12.8. The van der Waals surface area contributed by atoms with Crippen molar-refractivity contribution in [3.8, 4) is 0 Å². The van der Waals surface area contributed by atoms with Gasteiger partial charge in [0.25, 0.3) is 0 Å². The van der Waals surface area contributed by atoms with Crippen LogP contribution in [0.1, 0.15) is 21.5 Å². The maximum Gasteiger partial charge on any atom is 0.197 e. The van der Waals surface area contributed by atoms with E-state index in [0.29, 0.717) is 22.5 Å². The number of nitrogens with two attached hydrogens (primary N) is 2. The van der Waals surface area contributed by atoms with Crippen molar-refractivity contribution in [1.82, 2.24) is 4.57 Å². The van der Waals surface area contributed by atoms with Crippen LogP contribution in [0.4, 0.5) is 11.4 Å². The minimum atomic E-state index is -0.0815. The normalized spacial score (nSPS) is 11.0. The lowest BCUT2D eigenvalue weighted by molar-refractivity contribution is 0.104. The van der Waals surface area contributed by atoms with Gasteiger partial charge in [-0.2, -0.15) is 0 Å². The van der Waals surface area contributed by atoms with Crippen LogP contribution in [0.15, 0.2) is 42.6 Å². The number of anilines is 2. The third-order valence-electron chi connectivity index (χ3n) is 3.71. The largest absolute Gasteiger partial charge is 0.399 e. The van der Waals surface area contributed by atoms with Crippen molar-refractivity contribution in [3.63, 3.8) is 0 Å². The predicted octanol–water partition coefficient (Wildman–Crippen LogP) is 2.88. The number of nitrogen functional groups attached to an aromatic ring is 2. The Morgan fingerprint density at radius 2 is 1.81 bits per heavy atom.